The Morgan fingerprint density at radius 1 is 0.492 bits per heavy atom. The normalized spacial score (nSPS) is 16.0. The lowest BCUT2D eigenvalue weighted by molar-refractivity contribution is -0.587. The number of thioether (sulfide) groups is 6. The molecule has 10 heterocycles. The zero-order valence-corrected chi connectivity index (χ0v) is 82.6. The fourth-order valence-electron chi connectivity index (χ4n) is 15.4. The number of hydrogen-bond donors (Lipinski definition) is 5. The second-order valence-corrected chi connectivity index (χ2v) is 50.3. The summed E-state index contributed by atoms with van der Waals surface area (Å²) in [6.07, 6.45) is 14.8. The fraction of sp³-hybridized carbons (Fsp3) is 0.475. The second kappa shape index (κ2) is 42.1. The lowest BCUT2D eigenvalue weighted by atomic mass is 9.94. The van der Waals surface area contributed by atoms with Crippen molar-refractivity contribution in [1.82, 2.24) is 49.3 Å². The average molecular weight is 1820 g/mol. The molecular formula is C99H131N17O4S6. The number of aromatic nitrogens is 10. The Bertz CT molecular complexity index is 5900. The van der Waals surface area contributed by atoms with E-state index in [1.54, 1.807) is 48.4 Å². The maximum absolute atomic E-state index is 12.6. The van der Waals surface area contributed by atoms with Gasteiger partial charge in [0.05, 0.1) is 27.6 Å². The predicted molar refractivity (Wildman–Crippen MR) is 533 cm³/mol. The van der Waals surface area contributed by atoms with Gasteiger partial charge in [0.1, 0.15) is 28.8 Å². The van der Waals surface area contributed by atoms with Crippen LogP contribution in [0.1, 0.15) is 220 Å². The van der Waals surface area contributed by atoms with Gasteiger partial charge in [0.15, 0.2) is 17.0 Å². The molecule has 0 bridgehead atoms. The van der Waals surface area contributed by atoms with Crippen molar-refractivity contribution < 1.29 is 19.4 Å². The van der Waals surface area contributed by atoms with Crippen molar-refractivity contribution >= 4 is 160 Å². The van der Waals surface area contributed by atoms with E-state index in [2.05, 4.69) is 242 Å². The number of carboxylic acids is 1. The number of aryl methyl sites for hydroxylation is 3. The van der Waals surface area contributed by atoms with Crippen molar-refractivity contribution in [2.75, 3.05) is 55.6 Å². The summed E-state index contributed by atoms with van der Waals surface area (Å²) in [6.45, 7) is 52.3. The van der Waals surface area contributed by atoms with Gasteiger partial charge in [-0.25, -0.2) is 34.7 Å². The number of Topliss-reactive ketones (excluding diaryl/α,β-unsaturated/α-hetero) is 1. The molecule has 12 aromatic rings. The van der Waals surface area contributed by atoms with Crippen LogP contribution in [0.25, 0.3) is 65.5 Å². The third-order valence-corrected chi connectivity index (χ3v) is 27.2. The molecule has 126 heavy (non-hydrogen) atoms. The Hall–Kier alpha value is -8.22. The van der Waals surface area contributed by atoms with E-state index in [1.807, 2.05) is 115 Å². The monoisotopic (exact) mass is 1810 g/mol. The van der Waals surface area contributed by atoms with Crippen LogP contribution in [0.5, 0.6) is 0 Å². The van der Waals surface area contributed by atoms with Crippen molar-refractivity contribution in [2.24, 2.45) is 17.2 Å². The summed E-state index contributed by atoms with van der Waals surface area (Å²) in [4.78, 5) is 72.8. The molecule has 0 amide bonds. The zero-order chi connectivity index (χ0) is 91.5. The van der Waals surface area contributed by atoms with Crippen LogP contribution < -0.4 is 37.2 Å². The third-order valence-electron chi connectivity index (χ3n) is 20.6. The number of rotatable bonds is 14. The highest BCUT2D eigenvalue weighted by Crippen LogP contribution is 2.41. The lowest BCUT2D eigenvalue weighted by Gasteiger charge is -2.32. The number of hydrogen-bond acceptors (Lipinski definition) is 24. The molecule has 21 nitrogen and oxygen atoms in total. The van der Waals surface area contributed by atoms with E-state index >= 15 is 0 Å². The smallest absolute Gasteiger partial charge is 0.374 e. The van der Waals surface area contributed by atoms with Gasteiger partial charge in [0, 0.05) is 184 Å². The molecule has 1 aliphatic carbocycles. The van der Waals surface area contributed by atoms with Crippen LogP contribution in [0.15, 0.2) is 169 Å². The highest BCUT2D eigenvalue weighted by Gasteiger charge is 2.29. The van der Waals surface area contributed by atoms with E-state index in [0.29, 0.717) is 46.5 Å². The van der Waals surface area contributed by atoms with E-state index in [4.69, 9.17) is 32.6 Å². The number of benzene rings is 5. The molecule has 672 valence electrons. The molecule has 7 aromatic heterocycles. The molecule has 1 unspecified atom stereocenters. The summed E-state index contributed by atoms with van der Waals surface area (Å²) < 4.78 is 4.09. The number of piperidine rings is 1. The largest absolute Gasteiger partial charge is 0.618 e. The first kappa shape index (κ1) is 98.4. The van der Waals surface area contributed by atoms with Crippen LogP contribution in [0, 0.1) is 24.5 Å². The summed E-state index contributed by atoms with van der Waals surface area (Å²) in [5.41, 5.74) is 27.3. The van der Waals surface area contributed by atoms with Gasteiger partial charge in [-0.05, 0) is 182 Å². The minimum atomic E-state index is -1.12. The van der Waals surface area contributed by atoms with Crippen LogP contribution in [0.4, 0.5) is 11.6 Å². The fourth-order valence-corrected chi connectivity index (χ4v) is 21.5. The van der Waals surface area contributed by atoms with Crippen molar-refractivity contribution in [3.63, 3.8) is 0 Å². The highest BCUT2D eigenvalue weighted by atomic mass is 32.2. The van der Waals surface area contributed by atoms with Crippen molar-refractivity contribution in [1.29, 1.82) is 5.41 Å². The van der Waals surface area contributed by atoms with Gasteiger partial charge in [0.2, 0.25) is 11.3 Å². The van der Waals surface area contributed by atoms with Gasteiger partial charge in [-0.2, -0.15) is 4.73 Å². The van der Waals surface area contributed by atoms with Gasteiger partial charge in [-0.1, -0.05) is 143 Å². The Morgan fingerprint density at radius 3 is 1.56 bits per heavy atom. The van der Waals surface area contributed by atoms with Crippen molar-refractivity contribution in [3.8, 4) is 0 Å². The molecule has 16 rings (SSSR count). The zero-order valence-electron chi connectivity index (χ0n) is 77.7. The standard InChI is InChI=1S/C19H30N6S.C18H26N4S.C17H22N4O2S.C17H21NOS.C15H17NOS.C13H15NS/c1-13-23-16-10-15(26-19(2,3)4)11-22-17(16)18(21)25(13)8-5-7-24-9-6-14(20)12-24;1-12-20-16-11-14(23-18(2,3)4)5-6-15(16)17(21-12)22-9-7-13(19)8-10-22;1-17(2,3)24-11-4-5-12-13(8-11)19-14(16(22)23)20-15(12)21-7-6-10(18)9-21;1-17(2,3)20-14-9-8-13-10-12-6-4-5-7-15(12)18(19)16(13)11-14;1-10(17)13-9-12(18-15(2,3)4)8-11-6-5-7-16-14(11)13;1-13(2,3)15-11-7-6-10-5-4-8-14-12(10)9-11/h10-11,14,21H,5-9,12,20H2,1-4H3;5-6,11,13H,7-10,19H2,1-4H3;4-5,8,10H,6-7,9,18H2,1-3H3,(H,22,23);8-11H,4-7H2,1-3H3;5-9H,1-4H3;4-9H,1-3H3/t;;10-;;;/m..1.../s1. The molecule has 0 radical (unpaired) electrons. The Morgan fingerprint density at radius 2 is 0.992 bits per heavy atom. The van der Waals surface area contributed by atoms with Gasteiger partial charge >= 0.3 is 5.97 Å². The number of nitrogens with two attached hydrogens (primary N) is 3. The molecule has 3 saturated heterocycles. The SMILES string of the molecule is CC(=O)c1cc(SC(C)(C)C)cc2cccnc12.CC(C)(C)Sc1ccc2c(N3CC[C@@H](N)C3)nc(C(=O)O)nc2c1.CC(C)(C)Sc1ccc2cc3c([n+]([O-])c2c1)CCCC3.CC(C)(C)Sc1ccc2cccnc2c1.Cc1nc(N2CCC(N)CC2)c2ccc(SC(C)(C)C)cc2n1.Cc1nc2cc(SC(C)(C)C)cnc2c(=N)n1CCCN1CCC(N)C1. The van der Waals surface area contributed by atoms with E-state index < -0.39 is 5.97 Å². The number of carboxylic acid groups (broad SMARTS) is 1. The molecule has 3 fully saturated rings. The number of pyridine rings is 4. The van der Waals surface area contributed by atoms with Crippen LogP contribution >= 0.6 is 70.6 Å². The number of fused-ring (bicyclic) bond motifs is 7. The number of likely N-dealkylation sites (tertiary alicyclic amines) is 1. The number of carbonyl (C=O) groups is 2. The summed E-state index contributed by atoms with van der Waals surface area (Å²) >= 11 is 10.8. The molecule has 2 atom stereocenters. The molecule has 5 aromatic carbocycles. The predicted octanol–water partition coefficient (Wildman–Crippen LogP) is 21.7. The molecular weight excluding hydrogens is 1680 g/mol. The van der Waals surface area contributed by atoms with Gasteiger partial charge < -0.3 is 46.8 Å². The number of nitrogens with one attached hydrogen (secondary N) is 1. The number of aromatic carboxylic acids is 1. The first-order valence-electron chi connectivity index (χ1n) is 43.9. The summed E-state index contributed by atoms with van der Waals surface area (Å²) in [6, 6.07) is 42.3. The van der Waals surface area contributed by atoms with Crippen molar-refractivity contribution in [3.05, 3.63) is 185 Å². The topological polar surface area (TPSA) is 301 Å². The van der Waals surface area contributed by atoms with Gasteiger partial charge in [-0.3, -0.25) is 20.2 Å². The van der Waals surface area contributed by atoms with Gasteiger partial charge in [0.25, 0.3) is 0 Å². The molecule has 3 aliphatic heterocycles. The van der Waals surface area contributed by atoms with Crippen LogP contribution in [-0.4, -0.2) is 159 Å². The first-order valence-corrected chi connectivity index (χ1v) is 48.8. The van der Waals surface area contributed by atoms with Crippen LogP contribution in [0.3, 0.4) is 0 Å². The maximum Gasteiger partial charge on any atom is 0.374 e. The van der Waals surface area contributed by atoms with E-state index in [0.717, 1.165) is 184 Å². The van der Waals surface area contributed by atoms with E-state index in [1.165, 1.54) is 36.8 Å². The molecule has 8 N–H and O–H groups in total. The Kier molecular flexibility index (Phi) is 32.9. The number of ketones is 1. The molecule has 4 aliphatic rings. The quantitative estimate of drug-likeness (QED) is 0.0292. The minimum Gasteiger partial charge on any atom is -0.618 e. The number of nitrogens with zero attached hydrogens (tertiary/aromatic N) is 13. The van der Waals surface area contributed by atoms with E-state index in [-0.39, 0.29) is 46.1 Å². The summed E-state index contributed by atoms with van der Waals surface area (Å²) in [5, 5.41) is 35.8. The summed E-state index contributed by atoms with van der Waals surface area (Å²) in [5.74, 6) is 2.21. The lowest BCUT2D eigenvalue weighted by Crippen LogP contribution is -2.40. The molecule has 0 spiro atoms. The highest BCUT2D eigenvalue weighted by molar-refractivity contribution is 8.01. The Labute approximate surface area is 771 Å². The molecule has 27 heteroatoms. The Balaban J connectivity index is 0.000000148. The average Bonchev–Trinajstić information content (AvgIpc) is 1.69. The van der Waals surface area contributed by atoms with E-state index in [9.17, 15) is 19.9 Å². The third kappa shape index (κ3) is 28.9. The van der Waals surface area contributed by atoms with Crippen molar-refractivity contribution in [2.45, 2.75) is 286 Å². The summed E-state index contributed by atoms with van der Waals surface area (Å²) in [7, 11) is 0. The van der Waals surface area contributed by atoms with Crippen LogP contribution in [-0.2, 0) is 19.4 Å². The minimum absolute atomic E-state index is 0.0649. The van der Waals surface area contributed by atoms with Gasteiger partial charge in [-0.15, -0.1) is 70.6 Å². The maximum atomic E-state index is 12.6. The number of carbonyl (C=O) groups excluding carboxylic acids is 1. The first-order chi connectivity index (χ1) is 59.1. The molecule has 0 saturated carbocycles. The van der Waals surface area contributed by atoms with Crippen LogP contribution in [0.2, 0.25) is 0 Å². The number of anilines is 2. The second-order valence-electron chi connectivity index (χ2n) is 38.9.